The Labute approximate surface area is 131 Å². The van der Waals surface area contributed by atoms with E-state index in [0.717, 1.165) is 32.6 Å². The van der Waals surface area contributed by atoms with Crippen LogP contribution in [0.5, 0.6) is 0 Å². The summed E-state index contributed by atoms with van der Waals surface area (Å²) in [6.45, 7) is 3.40. The highest BCUT2D eigenvalue weighted by Gasteiger charge is 2.24. The molecule has 0 aliphatic carbocycles. The fourth-order valence-electron chi connectivity index (χ4n) is 3.54. The maximum atomic E-state index is 12.5. The number of amides is 1. The highest BCUT2D eigenvalue weighted by Crippen LogP contribution is 2.28. The number of rotatable bonds is 3. The third kappa shape index (κ3) is 2.37. The fourth-order valence-corrected chi connectivity index (χ4v) is 3.54. The van der Waals surface area contributed by atoms with Crippen molar-refractivity contribution in [3.63, 3.8) is 0 Å². The van der Waals surface area contributed by atoms with Gasteiger partial charge in [0.05, 0.1) is 0 Å². The second kappa shape index (κ2) is 5.48. The lowest BCUT2D eigenvalue weighted by atomic mass is 10.1. The molecule has 0 atom stereocenters. The fraction of sp³-hybridized carbons (Fsp3) is 0.316. The van der Waals surface area contributed by atoms with Crippen LogP contribution in [-0.4, -0.2) is 23.9 Å². The predicted molar refractivity (Wildman–Crippen MR) is 87.7 cm³/mol. The Morgan fingerprint density at radius 3 is 2.27 bits per heavy atom. The summed E-state index contributed by atoms with van der Waals surface area (Å²) in [5.74, 6) is 0.264. The van der Waals surface area contributed by atoms with Crippen LogP contribution in [0.1, 0.15) is 23.1 Å². The van der Waals surface area contributed by atoms with Crippen LogP contribution < -0.4 is 4.90 Å². The van der Waals surface area contributed by atoms with Gasteiger partial charge in [-0.05, 0) is 29.2 Å². The lowest BCUT2D eigenvalue weighted by molar-refractivity contribution is -0.131. The SMILES string of the molecule is O=C(CCN1CCc2ccccc21)N1Cc2ccccc2C1. The van der Waals surface area contributed by atoms with E-state index < -0.39 is 0 Å². The molecule has 0 unspecified atom stereocenters. The van der Waals surface area contributed by atoms with Crippen molar-refractivity contribution in [2.75, 3.05) is 18.0 Å². The molecule has 4 rings (SSSR count). The summed E-state index contributed by atoms with van der Waals surface area (Å²) in [7, 11) is 0. The van der Waals surface area contributed by atoms with Crippen LogP contribution in [0, 0.1) is 0 Å². The third-order valence-corrected chi connectivity index (χ3v) is 4.77. The zero-order chi connectivity index (χ0) is 14.9. The van der Waals surface area contributed by atoms with Gasteiger partial charge in [-0.3, -0.25) is 4.79 Å². The van der Waals surface area contributed by atoms with Crippen molar-refractivity contribution >= 4 is 11.6 Å². The Kier molecular flexibility index (Phi) is 3.34. The standard InChI is InChI=1S/C19H20N2O/c22-19(21-13-16-6-1-2-7-17(16)14-21)10-12-20-11-9-15-5-3-4-8-18(15)20/h1-8H,9-14H2. The molecule has 22 heavy (non-hydrogen) atoms. The number of fused-ring (bicyclic) bond motifs is 2. The lowest BCUT2D eigenvalue weighted by Gasteiger charge is -2.21. The van der Waals surface area contributed by atoms with Gasteiger partial charge in [-0.1, -0.05) is 42.5 Å². The van der Waals surface area contributed by atoms with Gasteiger partial charge in [-0.15, -0.1) is 0 Å². The number of hydrogen-bond acceptors (Lipinski definition) is 2. The van der Waals surface area contributed by atoms with Crippen molar-refractivity contribution in [1.82, 2.24) is 4.90 Å². The smallest absolute Gasteiger partial charge is 0.224 e. The summed E-state index contributed by atoms with van der Waals surface area (Å²) in [6.07, 6.45) is 1.70. The normalized spacial score (nSPS) is 15.8. The van der Waals surface area contributed by atoms with Crippen LogP contribution >= 0.6 is 0 Å². The zero-order valence-electron chi connectivity index (χ0n) is 12.7. The lowest BCUT2D eigenvalue weighted by Crippen LogP contribution is -2.30. The summed E-state index contributed by atoms with van der Waals surface area (Å²) < 4.78 is 0. The summed E-state index contributed by atoms with van der Waals surface area (Å²) in [5.41, 5.74) is 5.30. The Balaban J connectivity index is 1.37. The quantitative estimate of drug-likeness (QED) is 0.868. The average molecular weight is 292 g/mol. The summed E-state index contributed by atoms with van der Waals surface area (Å²) in [5, 5.41) is 0. The van der Waals surface area contributed by atoms with Gasteiger partial charge in [0.2, 0.25) is 5.91 Å². The molecule has 0 saturated heterocycles. The molecule has 0 bridgehead atoms. The molecule has 0 saturated carbocycles. The number of carbonyl (C=O) groups is 1. The van der Waals surface area contributed by atoms with E-state index in [1.807, 2.05) is 17.0 Å². The van der Waals surface area contributed by atoms with Crippen LogP contribution in [0.25, 0.3) is 0 Å². The van der Waals surface area contributed by atoms with Crippen LogP contribution in [0.2, 0.25) is 0 Å². The number of benzene rings is 2. The van der Waals surface area contributed by atoms with Gasteiger partial charge in [0, 0.05) is 38.3 Å². The van der Waals surface area contributed by atoms with E-state index in [2.05, 4.69) is 41.3 Å². The number of carbonyl (C=O) groups excluding carboxylic acids is 1. The number of hydrogen-bond donors (Lipinski definition) is 0. The minimum Gasteiger partial charge on any atom is -0.370 e. The number of nitrogens with zero attached hydrogens (tertiary/aromatic N) is 2. The first-order valence-electron chi connectivity index (χ1n) is 7.99. The molecular formula is C19H20N2O. The first kappa shape index (κ1) is 13.4. The number of para-hydroxylation sites is 1. The molecule has 2 aromatic rings. The van der Waals surface area contributed by atoms with E-state index in [1.54, 1.807) is 0 Å². The molecule has 2 heterocycles. The van der Waals surface area contributed by atoms with E-state index in [-0.39, 0.29) is 5.91 Å². The first-order chi connectivity index (χ1) is 10.8. The molecule has 2 aliphatic heterocycles. The first-order valence-corrected chi connectivity index (χ1v) is 7.99. The molecule has 2 aromatic carbocycles. The third-order valence-electron chi connectivity index (χ3n) is 4.77. The van der Waals surface area contributed by atoms with E-state index in [9.17, 15) is 4.79 Å². The Morgan fingerprint density at radius 2 is 1.55 bits per heavy atom. The Hall–Kier alpha value is -2.29. The van der Waals surface area contributed by atoms with Crippen molar-refractivity contribution < 1.29 is 4.79 Å². The van der Waals surface area contributed by atoms with Crippen molar-refractivity contribution in [1.29, 1.82) is 0 Å². The van der Waals surface area contributed by atoms with Crippen molar-refractivity contribution in [3.8, 4) is 0 Å². The van der Waals surface area contributed by atoms with Gasteiger partial charge in [0.25, 0.3) is 0 Å². The van der Waals surface area contributed by atoms with Gasteiger partial charge in [-0.2, -0.15) is 0 Å². The zero-order valence-corrected chi connectivity index (χ0v) is 12.7. The van der Waals surface area contributed by atoms with Crippen molar-refractivity contribution in [2.24, 2.45) is 0 Å². The summed E-state index contributed by atoms with van der Waals surface area (Å²) in [6, 6.07) is 16.9. The van der Waals surface area contributed by atoms with Crippen molar-refractivity contribution in [2.45, 2.75) is 25.9 Å². The highest BCUT2D eigenvalue weighted by molar-refractivity contribution is 5.77. The van der Waals surface area contributed by atoms with Gasteiger partial charge in [0.15, 0.2) is 0 Å². The highest BCUT2D eigenvalue weighted by atomic mass is 16.2. The molecule has 0 aromatic heterocycles. The molecule has 3 nitrogen and oxygen atoms in total. The molecule has 0 spiro atoms. The molecule has 0 N–H and O–H groups in total. The molecule has 1 amide bonds. The Bertz CT molecular complexity index is 685. The van der Waals surface area contributed by atoms with E-state index in [1.165, 1.54) is 22.4 Å². The summed E-state index contributed by atoms with van der Waals surface area (Å²) in [4.78, 5) is 16.8. The minimum atomic E-state index is 0.264. The van der Waals surface area contributed by atoms with Gasteiger partial charge >= 0.3 is 0 Å². The maximum absolute atomic E-state index is 12.5. The monoisotopic (exact) mass is 292 g/mol. The second-order valence-corrected chi connectivity index (χ2v) is 6.13. The topological polar surface area (TPSA) is 23.6 Å². The van der Waals surface area contributed by atoms with E-state index >= 15 is 0 Å². The Morgan fingerprint density at radius 1 is 0.909 bits per heavy atom. The van der Waals surface area contributed by atoms with Crippen LogP contribution in [0.15, 0.2) is 48.5 Å². The molecule has 0 fully saturated rings. The van der Waals surface area contributed by atoms with Gasteiger partial charge in [0.1, 0.15) is 0 Å². The second-order valence-electron chi connectivity index (χ2n) is 6.13. The molecule has 3 heteroatoms. The molecule has 112 valence electrons. The van der Waals surface area contributed by atoms with E-state index in [4.69, 9.17) is 0 Å². The van der Waals surface area contributed by atoms with Crippen LogP contribution in [0.4, 0.5) is 5.69 Å². The van der Waals surface area contributed by atoms with Gasteiger partial charge < -0.3 is 9.80 Å². The van der Waals surface area contributed by atoms with Gasteiger partial charge in [-0.25, -0.2) is 0 Å². The maximum Gasteiger partial charge on any atom is 0.224 e. The molecular weight excluding hydrogens is 272 g/mol. The molecule has 2 aliphatic rings. The van der Waals surface area contributed by atoms with Crippen LogP contribution in [0.3, 0.4) is 0 Å². The average Bonchev–Trinajstić information content (AvgIpc) is 3.16. The molecule has 0 radical (unpaired) electrons. The van der Waals surface area contributed by atoms with Crippen molar-refractivity contribution in [3.05, 3.63) is 65.2 Å². The van der Waals surface area contributed by atoms with Crippen LogP contribution in [-0.2, 0) is 24.3 Å². The number of anilines is 1. The predicted octanol–water partition coefficient (Wildman–Crippen LogP) is 2.98. The minimum absolute atomic E-state index is 0.264. The summed E-state index contributed by atoms with van der Waals surface area (Å²) >= 11 is 0. The van der Waals surface area contributed by atoms with E-state index in [0.29, 0.717) is 6.42 Å². The largest absolute Gasteiger partial charge is 0.370 e.